The van der Waals surface area contributed by atoms with E-state index in [1.54, 1.807) is 25.3 Å². The van der Waals surface area contributed by atoms with Gasteiger partial charge >= 0.3 is 5.97 Å². The van der Waals surface area contributed by atoms with Crippen LogP contribution in [0.2, 0.25) is 5.02 Å². The number of nitrogens with one attached hydrogen (secondary N) is 5. The lowest BCUT2D eigenvalue weighted by molar-refractivity contribution is -0.137. The molecule has 1 amide bonds. The van der Waals surface area contributed by atoms with Gasteiger partial charge in [0.05, 0.1) is 17.7 Å². The summed E-state index contributed by atoms with van der Waals surface area (Å²) in [4.78, 5) is 33.4. The lowest BCUT2D eigenvalue weighted by Gasteiger charge is -2.28. The van der Waals surface area contributed by atoms with E-state index in [9.17, 15) is 14.0 Å². The topological polar surface area (TPSA) is 129 Å². The fourth-order valence-corrected chi connectivity index (χ4v) is 4.43. The van der Waals surface area contributed by atoms with Crippen molar-refractivity contribution in [1.29, 1.82) is 0 Å². The summed E-state index contributed by atoms with van der Waals surface area (Å²) in [6, 6.07) is 12.0. The standard InChI is InChI=1S/C30H35ClFN7O3/c1-3-42-27(40)11-8-20-6-4-7-21(14-20)23-17-37-30(38-22-9-10-25(32)24(31)15-22)39-28(23)33-12-5-13-34-29(41)26-18-35-19(2)16-36-26/h4,6-11,14-15,17,19,26,35-36H,3,5,12-13,16,18H2,1-2H3,(H,34,41)(H2,33,37,38,39)/b11-8+. The number of rotatable bonds is 12. The van der Waals surface area contributed by atoms with Gasteiger partial charge in [0.1, 0.15) is 11.6 Å². The second-order valence-corrected chi connectivity index (χ2v) is 10.2. The molecule has 1 fully saturated rings. The van der Waals surface area contributed by atoms with Crippen molar-refractivity contribution < 1.29 is 18.7 Å². The number of hydrogen-bond acceptors (Lipinski definition) is 9. The zero-order valence-corrected chi connectivity index (χ0v) is 24.3. The van der Waals surface area contributed by atoms with Crippen LogP contribution in [0.3, 0.4) is 0 Å². The van der Waals surface area contributed by atoms with E-state index < -0.39 is 11.8 Å². The van der Waals surface area contributed by atoms with E-state index in [1.807, 2.05) is 24.3 Å². The first-order chi connectivity index (χ1) is 20.3. The van der Waals surface area contributed by atoms with Crippen LogP contribution < -0.4 is 26.6 Å². The summed E-state index contributed by atoms with van der Waals surface area (Å²) >= 11 is 5.93. The zero-order chi connectivity index (χ0) is 29.9. The minimum absolute atomic E-state index is 0.0153. The largest absolute Gasteiger partial charge is 0.463 e. The highest BCUT2D eigenvalue weighted by atomic mass is 35.5. The van der Waals surface area contributed by atoms with Crippen molar-refractivity contribution in [3.05, 3.63) is 71.1 Å². The van der Waals surface area contributed by atoms with Gasteiger partial charge in [-0.25, -0.2) is 14.2 Å². The monoisotopic (exact) mass is 595 g/mol. The number of nitrogens with zero attached hydrogens (tertiary/aromatic N) is 2. The number of anilines is 3. The van der Waals surface area contributed by atoms with E-state index in [1.165, 1.54) is 18.2 Å². The molecule has 0 bridgehead atoms. The minimum atomic E-state index is -0.519. The molecule has 0 saturated carbocycles. The summed E-state index contributed by atoms with van der Waals surface area (Å²) in [5.41, 5.74) is 2.91. The molecule has 12 heteroatoms. The Labute approximate surface area is 249 Å². The van der Waals surface area contributed by atoms with Crippen LogP contribution in [0.25, 0.3) is 17.2 Å². The highest BCUT2D eigenvalue weighted by molar-refractivity contribution is 6.31. The molecule has 0 aliphatic carbocycles. The number of esters is 1. The molecule has 1 aliphatic heterocycles. The molecule has 5 N–H and O–H groups in total. The SMILES string of the molecule is CCOC(=O)/C=C/c1cccc(-c2cnc(Nc3ccc(F)c(Cl)c3)nc2NCCCNC(=O)C2CNC(C)CN2)c1. The summed E-state index contributed by atoms with van der Waals surface area (Å²) < 4.78 is 18.6. The van der Waals surface area contributed by atoms with Crippen molar-refractivity contribution in [3.63, 3.8) is 0 Å². The van der Waals surface area contributed by atoms with Crippen molar-refractivity contribution in [3.8, 4) is 11.1 Å². The van der Waals surface area contributed by atoms with Gasteiger partial charge in [-0.15, -0.1) is 0 Å². The van der Waals surface area contributed by atoms with Crippen LogP contribution in [0.4, 0.5) is 21.8 Å². The second kappa shape index (κ2) is 15.2. The number of hydrogen-bond donors (Lipinski definition) is 5. The predicted molar refractivity (Wildman–Crippen MR) is 163 cm³/mol. The Kier molecular flexibility index (Phi) is 11.2. The van der Waals surface area contributed by atoms with Crippen LogP contribution in [0, 0.1) is 5.82 Å². The van der Waals surface area contributed by atoms with Crippen LogP contribution in [0.5, 0.6) is 0 Å². The van der Waals surface area contributed by atoms with E-state index in [4.69, 9.17) is 16.3 Å². The predicted octanol–water partition coefficient (Wildman–Crippen LogP) is 4.12. The van der Waals surface area contributed by atoms with Gasteiger partial charge in [-0.1, -0.05) is 29.8 Å². The molecule has 222 valence electrons. The van der Waals surface area contributed by atoms with Gasteiger partial charge in [-0.05, 0) is 61.7 Å². The summed E-state index contributed by atoms with van der Waals surface area (Å²) in [5, 5.41) is 15.9. The van der Waals surface area contributed by atoms with Crippen LogP contribution in [0.1, 0.15) is 25.8 Å². The van der Waals surface area contributed by atoms with E-state index in [-0.39, 0.29) is 17.0 Å². The number of ether oxygens (including phenoxy) is 1. The molecule has 0 spiro atoms. The second-order valence-electron chi connectivity index (χ2n) is 9.76. The van der Waals surface area contributed by atoms with Crippen molar-refractivity contribution in [2.45, 2.75) is 32.4 Å². The average molecular weight is 596 g/mol. The minimum Gasteiger partial charge on any atom is -0.463 e. The molecule has 1 aliphatic rings. The number of aromatic nitrogens is 2. The molecule has 4 rings (SSSR count). The third kappa shape index (κ3) is 8.97. The number of amides is 1. The number of halogens is 2. The highest BCUT2D eigenvalue weighted by Gasteiger charge is 2.22. The Hall–Kier alpha value is -4.06. The Morgan fingerprint density at radius 1 is 1.17 bits per heavy atom. The average Bonchev–Trinajstić information content (AvgIpc) is 2.98. The number of carbonyl (C=O) groups is 2. The van der Waals surface area contributed by atoms with Crippen LogP contribution in [-0.2, 0) is 14.3 Å². The van der Waals surface area contributed by atoms with Crippen LogP contribution in [0.15, 0.2) is 54.7 Å². The third-order valence-electron chi connectivity index (χ3n) is 6.46. The van der Waals surface area contributed by atoms with Gasteiger partial charge in [0.15, 0.2) is 0 Å². The molecule has 0 radical (unpaired) electrons. The Morgan fingerprint density at radius 2 is 2.02 bits per heavy atom. The Morgan fingerprint density at radius 3 is 2.79 bits per heavy atom. The molecule has 2 unspecified atom stereocenters. The normalized spacial score (nSPS) is 16.7. The first-order valence-corrected chi connectivity index (χ1v) is 14.2. The lowest BCUT2D eigenvalue weighted by Crippen LogP contribution is -2.58. The molecule has 2 heterocycles. The molecular formula is C30H35ClFN7O3. The number of carbonyl (C=O) groups excluding carboxylic acids is 2. The molecule has 2 atom stereocenters. The van der Waals surface area contributed by atoms with Crippen molar-refractivity contribution in [2.24, 2.45) is 0 Å². The molecule has 10 nitrogen and oxygen atoms in total. The highest BCUT2D eigenvalue weighted by Crippen LogP contribution is 2.29. The van der Waals surface area contributed by atoms with Gasteiger partial charge in [0, 0.05) is 55.7 Å². The van der Waals surface area contributed by atoms with E-state index in [0.717, 1.165) is 23.2 Å². The first kappa shape index (κ1) is 30.9. The summed E-state index contributed by atoms with van der Waals surface area (Å²) in [5.74, 6) is -0.113. The molecule has 1 saturated heterocycles. The quantitative estimate of drug-likeness (QED) is 0.119. The van der Waals surface area contributed by atoms with Crippen molar-refractivity contribution in [2.75, 3.05) is 43.4 Å². The number of benzene rings is 2. The fraction of sp³-hybridized carbons (Fsp3) is 0.333. The van der Waals surface area contributed by atoms with Gasteiger partial charge in [-0.3, -0.25) is 4.79 Å². The molecule has 1 aromatic heterocycles. The maximum absolute atomic E-state index is 13.6. The van der Waals surface area contributed by atoms with Crippen LogP contribution in [-0.4, -0.2) is 66.7 Å². The van der Waals surface area contributed by atoms with E-state index in [0.29, 0.717) is 56.2 Å². The molecule has 2 aromatic carbocycles. The summed E-state index contributed by atoms with van der Waals surface area (Å²) in [6.07, 6.45) is 5.41. The fourth-order valence-electron chi connectivity index (χ4n) is 4.25. The van der Waals surface area contributed by atoms with E-state index in [2.05, 4.69) is 43.5 Å². The van der Waals surface area contributed by atoms with Gasteiger partial charge in [0.2, 0.25) is 11.9 Å². The van der Waals surface area contributed by atoms with Crippen molar-refractivity contribution >= 4 is 47.0 Å². The molecule has 3 aromatic rings. The first-order valence-electron chi connectivity index (χ1n) is 13.8. The van der Waals surface area contributed by atoms with E-state index >= 15 is 0 Å². The van der Waals surface area contributed by atoms with Crippen molar-refractivity contribution in [1.82, 2.24) is 25.9 Å². The number of piperazine rings is 1. The summed E-state index contributed by atoms with van der Waals surface area (Å²) in [7, 11) is 0. The van der Waals surface area contributed by atoms with Gasteiger partial charge in [-0.2, -0.15) is 4.98 Å². The smallest absolute Gasteiger partial charge is 0.330 e. The zero-order valence-electron chi connectivity index (χ0n) is 23.5. The maximum atomic E-state index is 13.6. The maximum Gasteiger partial charge on any atom is 0.330 e. The third-order valence-corrected chi connectivity index (χ3v) is 6.75. The molecular weight excluding hydrogens is 561 g/mol. The lowest BCUT2D eigenvalue weighted by atomic mass is 10.0. The molecule has 42 heavy (non-hydrogen) atoms. The van der Waals surface area contributed by atoms with Gasteiger partial charge in [0.25, 0.3) is 0 Å². The summed E-state index contributed by atoms with van der Waals surface area (Å²) in [6.45, 7) is 6.49. The van der Waals surface area contributed by atoms with Crippen LogP contribution >= 0.6 is 11.6 Å². The Bertz CT molecular complexity index is 1410. The van der Waals surface area contributed by atoms with Gasteiger partial charge < -0.3 is 31.3 Å². The Balaban J connectivity index is 1.47.